The van der Waals surface area contributed by atoms with Gasteiger partial charge in [-0.25, -0.2) is 13.2 Å². The number of hydrogen-bond donors (Lipinski definition) is 3. The topological polar surface area (TPSA) is 111 Å². The summed E-state index contributed by atoms with van der Waals surface area (Å²) in [6, 6.07) is 0. The normalized spacial score (nSPS) is 10.5. The highest BCUT2D eigenvalue weighted by atomic mass is 32.2. The van der Waals surface area contributed by atoms with Crippen LogP contribution in [0.2, 0.25) is 0 Å². The molecule has 21 heavy (non-hydrogen) atoms. The fraction of sp³-hybridized carbons (Fsp3) is 0.455. The molecule has 0 saturated heterocycles. The highest BCUT2D eigenvalue weighted by Crippen LogP contribution is 2.03. The van der Waals surface area contributed by atoms with Gasteiger partial charge in [-0.2, -0.15) is 5.48 Å². The fourth-order valence-electron chi connectivity index (χ4n) is 1.10. The van der Waals surface area contributed by atoms with E-state index in [2.05, 4.69) is 35.9 Å². The molecule has 0 aliphatic rings. The van der Waals surface area contributed by atoms with Crippen molar-refractivity contribution >= 4 is 34.5 Å². The number of amides is 2. The largest absolute Gasteiger partial charge is 0.436 e. The van der Waals surface area contributed by atoms with Crippen LogP contribution in [-0.4, -0.2) is 38.7 Å². The van der Waals surface area contributed by atoms with E-state index in [0.29, 0.717) is 12.8 Å². The minimum Gasteiger partial charge on any atom is -0.414 e. The molecule has 0 fully saturated rings. The molecule has 0 aromatic carbocycles. The van der Waals surface area contributed by atoms with Crippen LogP contribution in [0.3, 0.4) is 0 Å². The number of thiol groups is 1. The second-order valence-electron chi connectivity index (χ2n) is 3.73. The van der Waals surface area contributed by atoms with Gasteiger partial charge in [-0.3, -0.25) is 9.63 Å². The first kappa shape index (κ1) is 19.5. The molecule has 2 N–H and O–H groups in total. The van der Waals surface area contributed by atoms with E-state index in [1.807, 2.05) is 5.48 Å². The van der Waals surface area contributed by atoms with E-state index in [1.54, 1.807) is 0 Å². The Bertz CT molecular complexity index is 489. The molecule has 10 heteroatoms. The molecular weight excluding hydrogens is 320 g/mol. The summed E-state index contributed by atoms with van der Waals surface area (Å²) >= 11 is 3.71. The van der Waals surface area contributed by atoms with Crippen molar-refractivity contribution in [1.82, 2.24) is 10.8 Å². The summed E-state index contributed by atoms with van der Waals surface area (Å²) in [5.41, 5.74) is 1.96. The molecule has 0 aromatic heterocycles. The summed E-state index contributed by atoms with van der Waals surface area (Å²) in [7, 11) is -3.56. The van der Waals surface area contributed by atoms with Crippen LogP contribution in [0.5, 0.6) is 0 Å². The van der Waals surface area contributed by atoms with Gasteiger partial charge in [-0.15, -0.1) is 12.6 Å². The Morgan fingerprint density at radius 2 is 2.00 bits per heavy atom. The zero-order chi connectivity index (χ0) is 16.3. The molecule has 0 heterocycles. The molecule has 0 saturated carbocycles. The molecule has 2 amide bonds. The summed E-state index contributed by atoms with van der Waals surface area (Å²) in [5, 5.41) is 3.15. The van der Waals surface area contributed by atoms with Gasteiger partial charge in [0.25, 0.3) is 0 Å². The van der Waals surface area contributed by atoms with Crippen LogP contribution >= 0.6 is 12.6 Å². The average Bonchev–Trinajstić information content (AvgIpc) is 2.41. The van der Waals surface area contributed by atoms with Gasteiger partial charge in [0.15, 0.2) is 9.84 Å². The number of sulfone groups is 1. The average molecular weight is 338 g/mol. The smallest absolute Gasteiger partial charge is 0.414 e. The molecule has 0 atom stereocenters. The molecule has 0 unspecified atom stereocenters. The third-order valence-electron chi connectivity index (χ3n) is 2.00. The fourth-order valence-corrected chi connectivity index (χ4v) is 1.75. The Labute approximate surface area is 128 Å². The van der Waals surface area contributed by atoms with Gasteiger partial charge in [0.1, 0.15) is 17.5 Å². The first-order valence-corrected chi connectivity index (χ1v) is 8.15. The predicted molar refractivity (Wildman–Crippen MR) is 79.9 cm³/mol. The third kappa shape index (κ3) is 10.9. The van der Waals surface area contributed by atoms with E-state index in [0.717, 1.165) is 5.41 Å². The molecule has 120 valence electrons. The Morgan fingerprint density at radius 1 is 1.33 bits per heavy atom. The summed E-state index contributed by atoms with van der Waals surface area (Å²) in [4.78, 5) is 26.8. The SMILES string of the molecule is C=CS(=O)(=O)CC(=O)NCCCC(=C)OC(=O)NOCS. The lowest BCUT2D eigenvalue weighted by atomic mass is 10.3. The summed E-state index contributed by atoms with van der Waals surface area (Å²) in [6.45, 7) is 6.84. The van der Waals surface area contributed by atoms with E-state index in [9.17, 15) is 18.0 Å². The zero-order valence-corrected chi connectivity index (χ0v) is 13.0. The Balaban J connectivity index is 3.80. The van der Waals surface area contributed by atoms with Gasteiger partial charge < -0.3 is 10.1 Å². The Hall–Kier alpha value is -1.52. The molecule has 0 bridgehead atoms. The lowest BCUT2D eigenvalue weighted by Gasteiger charge is -2.08. The van der Waals surface area contributed by atoms with Crippen LogP contribution < -0.4 is 10.8 Å². The second kappa shape index (κ2) is 10.2. The molecule has 0 spiro atoms. The minimum absolute atomic E-state index is 0.00121. The van der Waals surface area contributed by atoms with Crippen molar-refractivity contribution in [2.24, 2.45) is 0 Å². The second-order valence-corrected chi connectivity index (χ2v) is 5.94. The van der Waals surface area contributed by atoms with Crippen LogP contribution in [0.1, 0.15) is 12.8 Å². The van der Waals surface area contributed by atoms with Crippen molar-refractivity contribution in [2.45, 2.75) is 12.8 Å². The van der Waals surface area contributed by atoms with Crippen LogP contribution in [-0.2, 0) is 24.2 Å². The molecule has 0 radical (unpaired) electrons. The molecule has 8 nitrogen and oxygen atoms in total. The third-order valence-corrected chi connectivity index (χ3v) is 3.30. The lowest BCUT2D eigenvalue weighted by molar-refractivity contribution is -0.118. The predicted octanol–water partition coefficient (Wildman–Crippen LogP) is 0.500. The standard InChI is InChI=1S/C11H18N2O6S2/c1-3-21(16,17)7-10(14)12-6-4-5-9(2)19-11(15)13-18-8-20/h3,20H,1-2,4-8H2,(H,12,14)(H,13,15). The van der Waals surface area contributed by atoms with Crippen LogP contribution in [0.25, 0.3) is 0 Å². The van der Waals surface area contributed by atoms with Crippen LogP contribution in [0, 0.1) is 0 Å². The van der Waals surface area contributed by atoms with E-state index < -0.39 is 27.6 Å². The van der Waals surface area contributed by atoms with E-state index >= 15 is 0 Å². The van der Waals surface area contributed by atoms with Crippen molar-refractivity contribution in [2.75, 3.05) is 18.2 Å². The molecule has 0 aliphatic carbocycles. The molecule has 0 aliphatic heterocycles. The number of ether oxygens (including phenoxy) is 1. The van der Waals surface area contributed by atoms with Gasteiger partial charge in [-0.05, 0) is 6.42 Å². The van der Waals surface area contributed by atoms with Crippen molar-refractivity contribution in [3.05, 3.63) is 24.3 Å². The number of carbonyl (C=O) groups is 2. The van der Waals surface area contributed by atoms with E-state index in [1.165, 1.54) is 0 Å². The van der Waals surface area contributed by atoms with Gasteiger partial charge in [0.2, 0.25) is 5.91 Å². The van der Waals surface area contributed by atoms with Gasteiger partial charge >= 0.3 is 6.09 Å². The van der Waals surface area contributed by atoms with Crippen molar-refractivity contribution in [3.8, 4) is 0 Å². The molecule has 0 aromatic rings. The van der Waals surface area contributed by atoms with Crippen molar-refractivity contribution in [1.29, 1.82) is 0 Å². The van der Waals surface area contributed by atoms with E-state index in [4.69, 9.17) is 4.74 Å². The van der Waals surface area contributed by atoms with Gasteiger partial charge in [-0.1, -0.05) is 13.2 Å². The first-order chi connectivity index (χ1) is 9.80. The monoisotopic (exact) mass is 338 g/mol. The highest BCUT2D eigenvalue weighted by molar-refractivity contribution is 7.94. The van der Waals surface area contributed by atoms with Crippen molar-refractivity contribution < 1.29 is 27.6 Å². The Kier molecular flexibility index (Phi) is 9.50. The molecular formula is C11H18N2O6S2. The number of hydroxylamine groups is 1. The maximum atomic E-state index is 11.3. The maximum absolute atomic E-state index is 11.3. The summed E-state index contributed by atoms with van der Waals surface area (Å²) in [6.07, 6.45) is -0.0856. The number of nitrogens with one attached hydrogen (secondary N) is 2. The maximum Gasteiger partial charge on any atom is 0.436 e. The van der Waals surface area contributed by atoms with E-state index in [-0.39, 0.29) is 18.2 Å². The zero-order valence-electron chi connectivity index (χ0n) is 11.3. The van der Waals surface area contributed by atoms with Gasteiger partial charge in [0, 0.05) is 18.4 Å². The number of allylic oxidation sites excluding steroid dienone is 1. The number of rotatable bonds is 10. The van der Waals surface area contributed by atoms with Gasteiger partial charge in [0.05, 0.1) is 0 Å². The first-order valence-electron chi connectivity index (χ1n) is 5.81. The number of hydrogen-bond acceptors (Lipinski definition) is 7. The summed E-state index contributed by atoms with van der Waals surface area (Å²) < 4.78 is 26.9. The lowest BCUT2D eigenvalue weighted by Crippen LogP contribution is -2.30. The van der Waals surface area contributed by atoms with Crippen LogP contribution in [0.4, 0.5) is 4.79 Å². The number of carbonyl (C=O) groups excluding carboxylic acids is 2. The highest BCUT2D eigenvalue weighted by Gasteiger charge is 2.12. The molecule has 0 rings (SSSR count). The van der Waals surface area contributed by atoms with Crippen molar-refractivity contribution in [3.63, 3.8) is 0 Å². The minimum atomic E-state index is -3.56. The quantitative estimate of drug-likeness (QED) is 0.176. The Morgan fingerprint density at radius 3 is 2.57 bits per heavy atom. The summed E-state index contributed by atoms with van der Waals surface area (Å²) in [5.74, 6) is -1.08. The van der Waals surface area contributed by atoms with Crippen LogP contribution in [0.15, 0.2) is 24.3 Å².